The summed E-state index contributed by atoms with van der Waals surface area (Å²) in [6.07, 6.45) is 8.82. The predicted octanol–water partition coefficient (Wildman–Crippen LogP) is 5.03. The highest BCUT2D eigenvalue weighted by atomic mass is 16.6. The molecule has 0 radical (unpaired) electrons. The highest BCUT2D eigenvalue weighted by Crippen LogP contribution is 2.71. The first kappa shape index (κ1) is 23.1. The quantitative estimate of drug-likeness (QED) is 0.631. The van der Waals surface area contributed by atoms with Gasteiger partial charge in [-0.2, -0.15) is 0 Å². The summed E-state index contributed by atoms with van der Waals surface area (Å²) in [5, 5.41) is 11.8. The maximum absolute atomic E-state index is 11.8. The molecule has 0 bridgehead atoms. The second-order valence-electron chi connectivity index (χ2n) is 12.0. The average molecular weight is 435 g/mol. The first-order chi connectivity index (χ1) is 14.4. The van der Waals surface area contributed by atoms with Crippen LogP contribution in [-0.2, 0) is 19.1 Å². The molecule has 0 aliphatic heterocycles. The number of esters is 2. The Morgan fingerprint density at radius 2 is 1.48 bits per heavy atom. The smallest absolute Gasteiger partial charge is 0.302 e. The molecule has 1 N–H and O–H groups in total. The van der Waals surface area contributed by atoms with Gasteiger partial charge in [-0.3, -0.25) is 9.59 Å². The van der Waals surface area contributed by atoms with Crippen LogP contribution in [0.2, 0.25) is 0 Å². The number of rotatable bonds is 3. The summed E-state index contributed by atoms with van der Waals surface area (Å²) in [7, 11) is 0. The van der Waals surface area contributed by atoms with Gasteiger partial charge in [-0.15, -0.1) is 0 Å². The molecule has 0 unspecified atom stereocenters. The Labute approximate surface area is 187 Å². The van der Waals surface area contributed by atoms with Crippen LogP contribution in [0.5, 0.6) is 0 Å². The third-order valence-electron chi connectivity index (χ3n) is 10.9. The van der Waals surface area contributed by atoms with Crippen molar-refractivity contribution in [1.29, 1.82) is 0 Å². The largest absolute Gasteiger partial charge is 0.463 e. The summed E-state index contributed by atoms with van der Waals surface area (Å²) in [5.74, 6) is 1.26. The van der Waals surface area contributed by atoms with Crippen molar-refractivity contribution in [2.45, 2.75) is 117 Å². The van der Waals surface area contributed by atoms with Gasteiger partial charge in [-0.25, -0.2) is 0 Å². The molecule has 0 amide bonds. The van der Waals surface area contributed by atoms with Crippen LogP contribution < -0.4 is 0 Å². The first-order valence-electron chi connectivity index (χ1n) is 12.4. The summed E-state index contributed by atoms with van der Waals surface area (Å²) >= 11 is 0. The normalized spacial score (nSPS) is 49.9. The molecule has 4 saturated carbocycles. The molecule has 0 saturated heterocycles. The second-order valence-corrected chi connectivity index (χ2v) is 12.0. The van der Waals surface area contributed by atoms with Crippen LogP contribution in [-0.4, -0.2) is 34.9 Å². The van der Waals surface area contributed by atoms with Crippen LogP contribution in [0.15, 0.2) is 0 Å². The lowest BCUT2D eigenvalue weighted by atomic mass is 9.40. The maximum Gasteiger partial charge on any atom is 0.302 e. The molecule has 9 atom stereocenters. The molecule has 4 fully saturated rings. The van der Waals surface area contributed by atoms with E-state index in [2.05, 4.69) is 20.8 Å². The molecule has 4 rings (SSSR count). The molecule has 4 aliphatic rings. The van der Waals surface area contributed by atoms with Crippen molar-refractivity contribution in [3.05, 3.63) is 0 Å². The highest BCUT2D eigenvalue weighted by molar-refractivity contribution is 5.66. The molecule has 31 heavy (non-hydrogen) atoms. The Kier molecular flexibility index (Phi) is 5.55. The van der Waals surface area contributed by atoms with E-state index >= 15 is 0 Å². The van der Waals surface area contributed by atoms with Crippen LogP contribution >= 0.6 is 0 Å². The summed E-state index contributed by atoms with van der Waals surface area (Å²) in [6.45, 7) is 12.0. The van der Waals surface area contributed by atoms with E-state index in [0.29, 0.717) is 24.2 Å². The molecule has 0 heterocycles. The number of carbonyl (C=O) groups is 2. The number of aliphatic hydroxyl groups is 1. The topological polar surface area (TPSA) is 72.8 Å². The first-order valence-corrected chi connectivity index (χ1v) is 12.4. The lowest BCUT2D eigenvalue weighted by Gasteiger charge is -2.65. The molecule has 5 nitrogen and oxygen atoms in total. The molecular weight excluding hydrogens is 392 g/mol. The maximum atomic E-state index is 11.8. The van der Waals surface area contributed by atoms with Crippen molar-refractivity contribution in [3.8, 4) is 0 Å². The zero-order valence-electron chi connectivity index (χ0n) is 20.3. The van der Waals surface area contributed by atoms with Crippen LogP contribution in [0, 0.1) is 34.0 Å². The number of fused-ring (bicyclic) bond motifs is 5. The van der Waals surface area contributed by atoms with E-state index < -0.39 is 11.7 Å². The number of ether oxygens (including phenoxy) is 2. The van der Waals surface area contributed by atoms with Crippen molar-refractivity contribution in [1.82, 2.24) is 0 Å². The van der Waals surface area contributed by atoms with Crippen LogP contribution in [0.1, 0.15) is 99.3 Å². The lowest BCUT2D eigenvalue weighted by Crippen LogP contribution is -2.61. The van der Waals surface area contributed by atoms with Crippen molar-refractivity contribution in [2.75, 3.05) is 0 Å². The van der Waals surface area contributed by atoms with E-state index in [1.54, 1.807) is 0 Å². The van der Waals surface area contributed by atoms with Crippen molar-refractivity contribution >= 4 is 11.9 Å². The Balaban J connectivity index is 1.58. The minimum Gasteiger partial charge on any atom is -0.463 e. The highest BCUT2D eigenvalue weighted by Gasteiger charge is 2.68. The molecule has 4 aliphatic carbocycles. The number of hydrogen-bond donors (Lipinski definition) is 1. The Bertz CT molecular complexity index is 750. The van der Waals surface area contributed by atoms with Gasteiger partial charge in [0, 0.05) is 19.3 Å². The molecule has 0 aromatic heterocycles. The van der Waals surface area contributed by atoms with Gasteiger partial charge in [0.25, 0.3) is 0 Å². The van der Waals surface area contributed by atoms with Gasteiger partial charge in [0.15, 0.2) is 0 Å². The van der Waals surface area contributed by atoms with Gasteiger partial charge < -0.3 is 14.6 Å². The molecule has 0 spiro atoms. The Morgan fingerprint density at radius 3 is 2.13 bits per heavy atom. The average Bonchev–Trinajstić information content (AvgIpc) is 2.94. The molecular formula is C26H42O5. The van der Waals surface area contributed by atoms with E-state index in [9.17, 15) is 14.7 Å². The standard InChI is InChI=1S/C26H42O5/c1-16(30-17(2)27)26(29)14-10-22-20-8-11-23(4)15-19(31-18(3)28)7-12-24(23,5)21(20)9-13-25(22,26)6/h16,19-22,29H,7-15H2,1-6H3/t16-,19-,20+,21-,22-,23+,24-,25+,26+/m1/s1. The van der Waals surface area contributed by atoms with E-state index in [-0.39, 0.29) is 34.3 Å². The van der Waals surface area contributed by atoms with E-state index in [1.807, 2.05) is 6.92 Å². The van der Waals surface area contributed by atoms with E-state index in [0.717, 1.165) is 44.9 Å². The summed E-state index contributed by atoms with van der Waals surface area (Å²) in [6, 6.07) is 0. The van der Waals surface area contributed by atoms with Crippen LogP contribution in [0.25, 0.3) is 0 Å². The van der Waals surface area contributed by atoms with E-state index in [1.165, 1.54) is 20.3 Å². The predicted molar refractivity (Wildman–Crippen MR) is 118 cm³/mol. The third-order valence-corrected chi connectivity index (χ3v) is 10.9. The monoisotopic (exact) mass is 434 g/mol. The lowest BCUT2D eigenvalue weighted by molar-refractivity contribution is -0.212. The summed E-state index contributed by atoms with van der Waals surface area (Å²) in [4.78, 5) is 23.2. The number of hydrogen-bond acceptors (Lipinski definition) is 5. The van der Waals surface area contributed by atoms with Gasteiger partial charge in [0.05, 0.1) is 0 Å². The van der Waals surface area contributed by atoms with Gasteiger partial charge in [-0.1, -0.05) is 20.8 Å². The van der Waals surface area contributed by atoms with Gasteiger partial charge in [0.1, 0.15) is 17.8 Å². The number of carbonyl (C=O) groups excluding carboxylic acids is 2. The molecule has 0 aromatic rings. The molecule has 5 heteroatoms. The van der Waals surface area contributed by atoms with E-state index in [4.69, 9.17) is 9.47 Å². The zero-order valence-corrected chi connectivity index (χ0v) is 20.3. The fourth-order valence-electron chi connectivity index (χ4n) is 8.99. The Hall–Kier alpha value is -1.10. The minimum atomic E-state index is -0.942. The summed E-state index contributed by atoms with van der Waals surface area (Å²) < 4.78 is 11.2. The molecule has 0 aromatic carbocycles. The fraction of sp³-hybridized carbons (Fsp3) is 0.923. The zero-order chi connectivity index (χ0) is 22.8. The summed E-state index contributed by atoms with van der Waals surface area (Å²) in [5.41, 5.74) is -0.707. The Morgan fingerprint density at radius 1 is 0.871 bits per heavy atom. The fourth-order valence-corrected chi connectivity index (χ4v) is 8.99. The van der Waals surface area contributed by atoms with Crippen LogP contribution in [0.4, 0.5) is 0 Å². The van der Waals surface area contributed by atoms with Crippen molar-refractivity contribution in [2.24, 2.45) is 34.0 Å². The SMILES string of the molecule is CC(=O)O[C@@H]1CC[C@]2(C)[C@@H]3CC[C@@]4(C)[C@H](CC[C@]4(O)[C@@H](C)OC(C)=O)[C@H]3CC[C@@]2(C)C1. The van der Waals surface area contributed by atoms with Gasteiger partial charge >= 0.3 is 11.9 Å². The van der Waals surface area contributed by atoms with Gasteiger partial charge in [0.2, 0.25) is 0 Å². The van der Waals surface area contributed by atoms with Crippen LogP contribution in [0.3, 0.4) is 0 Å². The third kappa shape index (κ3) is 3.28. The van der Waals surface area contributed by atoms with Gasteiger partial charge in [-0.05, 0) is 93.3 Å². The second kappa shape index (κ2) is 7.46. The minimum absolute atomic E-state index is 0.0575. The van der Waals surface area contributed by atoms with Crippen molar-refractivity contribution in [3.63, 3.8) is 0 Å². The van der Waals surface area contributed by atoms with Crippen molar-refractivity contribution < 1.29 is 24.2 Å². The molecule has 176 valence electrons.